The van der Waals surface area contributed by atoms with E-state index in [1.54, 1.807) is 7.11 Å². The Morgan fingerprint density at radius 1 is 1.30 bits per heavy atom. The minimum Gasteiger partial charge on any atom is -0.467 e. The Balaban J connectivity index is 1.74. The predicted octanol–water partition coefficient (Wildman–Crippen LogP) is 2.53. The largest absolute Gasteiger partial charge is 0.467 e. The maximum Gasteiger partial charge on any atom is 0.316 e. The zero-order chi connectivity index (χ0) is 16.2. The molecule has 23 heavy (non-hydrogen) atoms. The van der Waals surface area contributed by atoms with E-state index in [2.05, 4.69) is 33.1 Å². The first-order valence-corrected chi connectivity index (χ1v) is 7.74. The number of methoxy groups -OCH3 is 1. The molecule has 5 heteroatoms. The lowest BCUT2D eigenvalue weighted by molar-refractivity contribution is 0.319. The van der Waals surface area contributed by atoms with Crippen LogP contribution in [0.25, 0.3) is 0 Å². The molecule has 118 valence electrons. The highest BCUT2D eigenvalue weighted by atomic mass is 16.5. The number of aromatic nitrogens is 2. The van der Waals surface area contributed by atoms with Crippen LogP contribution in [0.2, 0.25) is 0 Å². The van der Waals surface area contributed by atoms with Gasteiger partial charge in [-0.15, -0.1) is 0 Å². The van der Waals surface area contributed by atoms with Crippen molar-refractivity contribution < 1.29 is 4.74 Å². The first kappa shape index (κ1) is 15.4. The van der Waals surface area contributed by atoms with Crippen molar-refractivity contribution in [2.45, 2.75) is 19.4 Å². The van der Waals surface area contributed by atoms with Crippen LogP contribution in [0.15, 0.2) is 36.5 Å². The van der Waals surface area contributed by atoms with Crippen LogP contribution < -0.4 is 4.74 Å². The fourth-order valence-electron chi connectivity index (χ4n) is 3.15. The number of hydrogen-bond donors (Lipinski definition) is 0. The Morgan fingerprint density at radius 2 is 2.09 bits per heavy atom. The van der Waals surface area contributed by atoms with Gasteiger partial charge in [0.15, 0.2) is 0 Å². The normalized spacial score (nSPS) is 21.1. The van der Waals surface area contributed by atoms with Gasteiger partial charge in [0.1, 0.15) is 0 Å². The summed E-state index contributed by atoms with van der Waals surface area (Å²) in [5, 5.41) is 9.49. The maximum absolute atomic E-state index is 9.49. The highest BCUT2D eigenvalue weighted by Crippen LogP contribution is 2.33. The van der Waals surface area contributed by atoms with Gasteiger partial charge in [-0.3, -0.25) is 4.90 Å². The molecule has 2 aromatic rings. The first-order valence-electron chi connectivity index (χ1n) is 7.74. The van der Waals surface area contributed by atoms with E-state index >= 15 is 0 Å². The molecule has 2 atom stereocenters. The van der Waals surface area contributed by atoms with Crippen LogP contribution >= 0.6 is 0 Å². The van der Waals surface area contributed by atoms with Crippen LogP contribution in [0.5, 0.6) is 6.01 Å². The molecule has 0 bridgehead atoms. The first-order chi connectivity index (χ1) is 11.2. The fraction of sp³-hybridized carbons (Fsp3) is 0.389. The zero-order valence-electron chi connectivity index (χ0n) is 13.4. The summed E-state index contributed by atoms with van der Waals surface area (Å²) >= 11 is 0. The van der Waals surface area contributed by atoms with E-state index in [9.17, 15) is 5.26 Å². The molecule has 1 aromatic carbocycles. The van der Waals surface area contributed by atoms with E-state index in [0.29, 0.717) is 6.01 Å². The minimum absolute atomic E-state index is 0.0249. The van der Waals surface area contributed by atoms with Gasteiger partial charge in [0, 0.05) is 43.0 Å². The van der Waals surface area contributed by atoms with E-state index in [1.807, 2.05) is 31.3 Å². The summed E-state index contributed by atoms with van der Waals surface area (Å²) in [5.41, 5.74) is 3.24. The quantitative estimate of drug-likeness (QED) is 0.868. The Hall–Kier alpha value is -2.45. The zero-order valence-corrected chi connectivity index (χ0v) is 13.4. The van der Waals surface area contributed by atoms with E-state index in [0.717, 1.165) is 30.9 Å². The van der Waals surface area contributed by atoms with Gasteiger partial charge < -0.3 is 4.74 Å². The standard InChI is InChI=1S/C18H20N4O/c1-13-16(9-20-18(21-13)23-2)11-22-10-15(8-19)17(12-22)14-6-4-3-5-7-14/h3-7,9,15,17H,10-12H2,1-2H3/t15-,17+/m1/s1. The SMILES string of the molecule is COc1ncc(CN2C[C@@H](C#N)[C@H](c3ccccc3)C2)c(C)n1. The number of rotatable bonds is 4. The summed E-state index contributed by atoms with van der Waals surface area (Å²) in [6.07, 6.45) is 1.82. The number of benzene rings is 1. The average Bonchev–Trinajstić information content (AvgIpc) is 3.00. The molecule has 1 aliphatic rings. The third kappa shape index (κ3) is 3.33. The second-order valence-corrected chi connectivity index (χ2v) is 5.91. The lowest BCUT2D eigenvalue weighted by atomic mass is 9.90. The molecule has 0 radical (unpaired) electrons. The monoisotopic (exact) mass is 308 g/mol. The third-order valence-electron chi connectivity index (χ3n) is 4.42. The molecule has 1 fully saturated rings. The summed E-state index contributed by atoms with van der Waals surface area (Å²) in [7, 11) is 1.57. The van der Waals surface area contributed by atoms with Gasteiger partial charge in [-0.1, -0.05) is 30.3 Å². The van der Waals surface area contributed by atoms with Gasteiger partial charge in [-0.2, -0.15) is 5.26 Å². The van der Waals surface area contributed by atoms with E-state index in [1.165, 1.54) is 5.56 Å². The van der Waals surface area contributed by atoms with Crippen LogP contribution in [0.1, 0.15) is 22.7 Å². The Bertz CT molecular complexity index is 711. The average molecular weight is 308 g/mol. The van der Waals surface area contributed by atoms with Crippen LogP contribution in [0, 0.1) is 24.2 Å². The number of likely N-dealkylation sites (tertiary alicyclic amines) is 1. The van der Waals surface area contributed by atoms with Crippen LogP contribution in [0.4, 0.5) is 0 Å². The summed E-state index contributed by atoms with van der Waals surface area (Å²) in [6.45, 7) is 4.39. The lowest BCUT2D eigenvalue weighted by Crippen LogP contribution is -2.21. The Morgan fingerprint density at radius 3 is 2.74 bits per heavy atom. The molecule has 0 aliphatic carbocycles. The van der Waals surface area contributed by atoms with Crippen LogP contribution in [0.3, 0.4) is 0 Å². The molecule has 5 nitrogen and oxygen atoms in total. The molecule has 0 N–H and O–H groups in total. The topological polar surface area (TPSA) is 62.0 Å². The number of nitrogens with zero attached hydrogens (tertiary/aromatic N) is 4. The summed E-state index contributed by atoms with van der Waals surface area (Å²) in [6, 6.07) is 13.2. The fourth-order valence-corrected chi connectivity index (χ4v) is 3.15. The highest BCUT2D eigenvalue weighted by Gasteiger charge is 2.33. The van der Waals surface area contributed by atoms with Gasteiger partial charge in [0.05, 0.1) is 19.1 Å². The molecule has 1 aliphatic heterocycles. The van der Waals surface area contributed by atoms with Gasteiger partial charge >= 0.3 is 6.01 Å². The van der Waals surface area contributed by atoms with Gasteiger partial charge in [0.2, 0.25) is 0 Å². The minimum atomic E-state index is 0.0249. The van der Waals surface area contributed by atoms with Gasteiger partial charge in [0.25, 0.3) is 0 Å². The molecule has 0 spiro atoms. The van der Waals surface area contributed by atoms with Crippen molar-refractivity contribution in [3.8, 4) is 12.1 Å². The smallest absolute Gasteiger partial charge is 0.316 e. The number of ether oxygens (including phenoxy) is 1. The van der Waals surface area contributed by atoms with Gasteiger partial charge in [-0.25, -0.2) is 9.97 Å². The van der Waals surface area contributed by atoms with Crippen molar-refractivity contribution in [3.63, 3.8) is 0 Å². The third-order valence-corrected chi connectivity index (χ3v) is 4.42. The molecular weight excluding hydrogens is 288 g/mol. The number of aryl methyl sites for hydroxylation is 1. The van der Waals surface area contributed by atoms with Crippen molar-refractivity contribution in [3.05, 3.63) is 53.3 Å². The summed E-state index contributed by atoms with van der Waals surface area (Å²) in [4.78, 5) is 10.8. The van der Waals surface area contributed by atoms with Crippen molar-refractivity contribution in [2.75, 3.05) is 20.2 Å². The number of nitriles is 1. The molecule has 2 heterocycles. The molecule has 0 unspecified atom stereocenters. The van der Waals surface area contributed by atoms with E-state index in [-0.39, 0.29) is 11.8 Å². The van der Waals surface area contributed by atoms with Crippen molar-refractivity contribution in [1.82, 2.24) is 14.9 Å². The van der Waals surface area contributed by atoms with E-state index in [4.69, 9.17) is 4.74 Å². The highest BCUT2D eigenvalue weighted by molar-refractivity contribution is 5.25. The summed E-state index contributed by atoms with van der Waals surface area (Å²) in [5.74, 6) is 0.289. The Kier molecular flexibility index (Phi) is 4.54. The second kappa shape index (κ2) is 6.76. The predicted molar refractivity (Wildman–Crippen MR) is 86.9 cm³/mol. The Labute approximate surface area is 136 Å². The second-order valence-electron chi connectivity index (χ2n) is 5.91. The van der Waals surface area contributed by atoms with Gasteiger partial charge in [-0.05, 0) is 12.5 Å². The summed E-state index contributed by atoms with van der Waals surface area (Å²) < 4.78 is 5.05. The van der Waals surface area contributed by atoms with Crippen molar-refractivity contribution in [2.24, 2.45) is 5.92 Å². The molecule has 0 amide bonds. The molecule has 1 saturated heterocycles. The van der Waals surface area contributed by atoms with E-state index < -0.39 is 0 Å². The molecular formula is C18H20N4O. The molecule has 0 saturated carbocycles. The molecule has 3 rings (SSSR count). The van der Waals surface area contributed by atoms with Crippen LogP contribution in [-0.2, 0) is 6.54 Å². The number of hydrogen-bond acceptors (Lipinski definition) is 5. The van der Waals surface area contributed by atoms with Crippen molar-refractivity contribution >= 4 is 0 Å². The van der Waals surface area contributed by atoms with Crippen molar-refractivity contribution in [1.29, 1.82) is 5.26 Å². The molecule has 1 aromatic heterocycles. The lowest BCUT2D eigenvalue weighted by Gasteiger charge is -2.17. The van der Waals surface area contributed by atoms with Crippen LogP contribution in [-0.4, -0.2) is 35.1 Å². The maximum atomic E-state index is 9.49.